The molecule has 96 valence electrons. The van der Waals surface area contributed by atoms with E-state index in [0.717, 1.165) is 0 Å². The van der Waals surface area contributed by atoms with E-state index >= 15 is 0 Å². The fourth-order valence-corrected chi connectivity index (χ4v) is 1.88. The van der Waals surface area contributed by atoms with E-state index in [9.17, 15) is 14.9 Å². The van der Waals surface area contributed by atoms with Crippen molar-refractivity contribution in [2.24, 2.45) is 0 Å². The standard InChI is InChI=1S/C10H13N5O3/c1-6-10(16)12-4-5-14(6)9-7(15(17)18)2-3-8(11)13-9/h2-3,6H,4-5H2,1H3,(H2,11,13)(H,12,16). The van der Waals surface area contributed by atoms with Gasteiger partial charge in [-0.05, 0) is 13.0 Å². The molecule has 1 aliphatic heterocycles. The number of aromatic nitrogens is 1. The van der Waals surface area contributed by atoms with Crippen molar-refractivity contribution in [3.8, 4) is 0 Å². The maximum atomic E-state index is 11.6. The Morgan fingerprint density at radius 2 is 2.33 bits per heavy atom. The van der Waals surface area contributed by atoms with Gasteiger partial charge in [0.05, 0.1) is 4.92 Å². The van der Waals surface area contributed by atoms with E-state index in [1.807, 2.05) is 0 Å². The minimum absolute atomic E-state index is 0.141. The predicted molar refractivity (Wildman–Crippen MR) is 65.1 cm³/mol. The van der Waals surface area contributed by atoms with E-state index in [4.69, 9.17) is 5.73 Å². The highest BCUT2D eigenvalue weighted by Crippen LogP contribution is 2.28. The molecule has 2 heterocycles. The number of hydrogen-bond donors (Lipinski definition) is 2. The molecule has 1 aliphatic rings. The van der Waals surface area contributed by atoms with Crippen LogP contribution in [0.15, 0.2) is 12.1 Å². The molecule has 1 unspecified atom stereocenters. The van der Waals surface area contributed by atoms with Crippen LogP contribution < -0.4 is 16.0 Å². The van der Waals surface area contributed by atoms with E-state index in [2.05, 4.69) is 10.3 Å². The largest absolute Gasteiger partial charge is 0.384 e. The second-order valence-corrected chi connectivity index (χ2v) is 4.00. The number of nitrogen functional groups attached to an aromatic ring is 1. The first-order valence-electron chi connectivity index (χ1n) is 5.46. The average Bonchev–Trinajstić information content (AvgIpc) is 2.32. The van der Waals surface area contributed by atoms with Gasteiger partial charge in [0.25, 0.3) is 0 Å². The van der Waals surface area contributed by atoms with Gasteiger partial charge < -0.3 is 16.0 Å². The van der Waals surface area contributed by atoms with Crippen molar-refractivity contribution in [1.29, 1.82) is 0 Å². The van der Waals surface area contributed by atoms with Gasteiger partial charge in [-0.3, -0.25) is 14.9 Å². The summed E-state index contributed by atoms with van der Waals surface area (Å²) in [4.78, 5) is 27.6. The summed E-state index contributed by atoms with van der Waals surface area (Å²) in [5, 5.41) is 13.6. The highest BCUT2D eigenvalue weighted by atomic mass is 16.6. The second kappa shape index (κ2) is 4.47. The Balaban J connectivity index is 2.45. The molecule has 8 heteroatoms. The highest BCUT2D eigenvalue weighted by Gasteiger charge is 2.31. The zero-order valence-electron chi connectivity index (χ0n) is 9.79. The SMILES string of the molecule is CC1C(=O)NCCN1c1nc(N)ccc1[N+](=O)[O-]. The molecule has 1 amide bonds. The number of pyridine rings is 1. The minimum Gasteiger partial charge on any atom is -0.384 e. The van der Waals surface area contributed by atoms with Crippen LogP contribution in [0.1, 0.15) is 6.92 Å². The van der Waals surface area contributed by atoms with E-state index in [0.29, 0.717) is 13.1 Å². The van der Waals surface area contributed by atoms with E-state index < -0.39 is 11.0 Å². The molecule has 1 aromatic heterocycles. The van der Waals surface area contributed by atoms with Gasteiger partial charge in [0, 0.05) is 19.2 Å². The van der Waals surface area contributed by atoms with Crippen LogP contribution in [0.25, 0.3) is 0 Å². The molecule has 8 nitrogen and oxygen atoms in total. The number of anilines is 2. The summed E-state index contributed by atoms with van der Waals surface area (Å²) in [6.45, 7) is 2.56. The van der Waals surface area contributed by atoms with Crippen LogP contribution in [0.2, 0.25) is 0 Å². The Morgan fingerprint density at radius 3 is 3.00 bits per heavy atom. The van der Waals surface area contributed by atoms with Gasteiger partial charge in [0.1, 0.15) is 11.9 Å². The van der Waals surface area contributed by atoms with Crippen LogP contribution in [0.4, 0.5) is 17.3 Å². The summed E-state index contributed by atoms with van der Waals surface area (Å²) in [5.41, 5.74) is 5.41. The summed E-state index contributed by atoms with van der Waals surface area (Å²) in [6, 6.07) is 2.17. The Hall–Kier alpha value is -2.38. The number of nitro groups is 1. The Labute approximate surface area is 103 Å². The van der Waals surface area contributed by atoms with Crippen LogP contribution in [0.3, 0.4) is 0 Å². The summed E-state index contributed by atoms with van der Waals surface area (Å²) < 4.78 is 0. The van der Waals surface area contributed by atoms with Crippen LogP contribution in [0.5, 0.6) is 0 Å². The average molecular weight is 251 g/mol. The van der Waals surface area contributed by atoms with Crippen LogP contribution >= 0.6 is 0 Å². The van der Waals surface area contributed by atoms with Crippen molar-refractivity contribution in [3.05, 3.63) is 22.2 Å². The molecule has 1 fully saturated rings. The Bertz CT molecular complexity index is 504. The van der Waals surface area contributed by atoms with Crippen LogP contribution in [0, 0.1) is 10.1 Å². The number of hydrogen-bond acceptors (Lipinski definition) is 6. The number of amides is 1. The Kier molecular flexibility index (Phi) is 3.00. The van der Waals surface area contributed by atoms with Crippen molar-refractivity contribution >= 4 is 23.2 Å². The summed E-state index contributed by atoms with van der Waals surface area (Å²) in [6.07, 6.45) is 0. The number of rotatable bonds is 2. The zero-order valence-corrected chi connectivity index (χ0v) is 9.79. The molecule has 0 saturated carbocycles. The van der Waals surface area contributed by atoms with Gasteiger partial charge in [0.15, 0.2) is 0 Å². The van der Waals surface area contributed by atoms with Crippen molar-refractivity contribution in [2.75, 3.05) is 23.7 Å². The van der Waals surface area contributed by atoms with E-state index in [-0.39, 0.29) is 23.2 Å². The second-order valence-electron chi connectivity index (χ2n) is 4.00. The molecule has 3 N–H and O–H groups in total. The van der Waals surface area contributed by atoms with Gasteiger partial charge in [-0.2, -0.15) is 0 Å². The summed E-state index contributed by atoms with van der Waals surface area (Å²) in [5.74, 6) is 0.149. The number of carbonyl (C=O) groups excluding carboxylic acids is 1. The lowest BCUT2D eigenvalue weighted by Gasteiger charge is -2.33. The summed E-state index contributed by atoms with van der Waals surface area (Å²) in [7, 11) is 0. The number of nitrogens with two attached hydrogens (primary N) is 1. The molecular formula is C10H13N5O3. The number of carbonyl (C=O) groups is 1. The summed E-state index contributed by atoms with van der Waals surface area (Å²) >= 11 is 0. The lowest BCUT2D eigenvalue weighted by Crippen LogP contribution is -2.54. The quantitative estimate of drug-likeness (QED) is 0.560. The Morgan fingerprint density at radius 1 is 1.61 bits per heavy atom. The topological polar surface area (TPSA) is 114 Å². The fraction of sp³-hybridized carbons (Fsp3) is 0.400. The van der Waals surface area contributed by atoms with Crippen LogP contribution in [-0.2, 0) is 4.79 Å². The van der Waals surface area contributed by atoms with Crippen molar-refractivity contribution in [2.45, 2.75) is 13.0 Å². The first kappa shape index (κ1) is 12.1. The van der Waals surface area contributed by atoms with Gasteiger partial charge in [-0.15, -0.1) is 0 Å². The van der Waals surface area contributed by atoms with Gasteiger partial charge in [0.2, 0.25) is 11.7 Å². The third-order valence-electron chi connectivity index (χ3n) is 2.84. The van der Waals surface area contributed by atoms with Gasteiger partial charge in [-0.1, -0.05) is 0 Å². The molecule has 1 aromatic rings. The molecule has 2 rings (SSSR count). The highest BCUT2D eigenvalue weighted by molar-refractivity contribution is 5.86. The molecule has 18 heavy (non-hydrogen) atoms. The third-order valence-corrected chi connectivity index (χ3v) is 2.84. The third kappa shape index (κ3) is 2.04. The van der Waals surface area contributed by atoms with Gasteiger partial charge >= 0.3 is 5.69 Å². The first-order valence-corrected chi connectivity index (χ1v) is 5.46. The predicted octanol–water partition coefficient (Wildman–Crippen LogP) is -0.103. The monoisotopic (exact) mass is 251 g/mol. The van der Waals surface area contributed by atoms with E-state index in [1.165, 1.54) is 12.1 Å². The van der Waals surface area contributed by atoms with Crippen molar-refractivity contribution in [3.63, 3.8) is 0 Å². The molecule has 0 radical (unpaired) electrons. The first-order chi connectivity index (χ1) is 8.50. The van der Waals surface area contributed by atoms with Crippen molar-refractivity contribution in [1.82, 2.24) is 10.3 Å². The van der Waals surface area contributed by atoms with Crippen molar-refractivity contribution < 1.29 is 9.72 Å². The van der Waals surface area contributed by atoms with Crippen LogP contribution in [-0.4, -0.2) is 34.9 Å². The molecule has 0 aliphatic carbocycles. The molecule has 0 aromatic carbocycles. The molecule has 1 saturated heterocycles. The maximum Gasteiger partial charge on any atom is 0.311 e. The lowest BCUT2D eigenvalue weighted by atomic mass is 10.2. The van der Waals surface area contributed by atoms with E-state index in [1.54, 1.807) is 11.8 Å². The molecular weight excluding hydrogens is 238 g/mol. The van der Waals surface area contributed by atoms with Gasteiger partial charge in [-0.25, -0.2) is 4.98 Å². The molecule has 0 spiro atoms. The fourth-order valence-electron chi connectivity index (χ4n) is 1.88. The maximum absolute atomic E-state index is 11.6. The molecule has 1 atom stereocenters. The molecule has 0 bridgehead atoms. The normalized spacial score (nSPS) is 19.5. The minimum atomic E-state index is -0.527. The lowest BCUT2D eigenvalue weighted by molar-refractivity contribution is -0.384. The zero-order chi connectivity index (χ0) is 13.3. The number of piperazine rings is 1. The number of nitrogens with one attached hydrogen (secondary N) is 1. The smallest absolute Gasteiger partial charge is 0.311 e. The number of nitrogens with zero attached hydrogens (tertiary/aromatic N) is 3.